The lowest BCUT2D eigenvalue weighted by molar-refractivity contribution is -0.139. The molecule has 0 saturated carbocycles. The Hall–Kier alpha value is -2.83. The first-order valence-corrected chi connectivity index (χ1v) is 6.30. The van der Waals surface area contributed by atoms with Crippen molar-refractivity contribution in [2.45, 2.75) is 19.5 Å². The third kappa shape index (κ3) is 4.07. The Labute approximate surface area is 120 Å². The highest BCUT2D eigenvalue weighted by molar-refractivity contribution is 5.83. The van der Waals surface area contributed by atoms with Gasteiger partial charge in [0, 0.05) is 6.07 Å². The van der Waals surface area contributed by atoms with Crippen molar-refractivity contribution in [2.24, 2.45) is 0 Å². The molecule has 2 aromatic rings. The van der Waals surface area contributed by atoms with Crippen molar-refractivity contribution in [1.29, 1.82) is 0 Å². The van der Waals surface area contributed by atoms with E-state index in [1.54, 1.807) is 43.3 Å². The van der Waals surface area contributed by atoms with E-state index >= 15 is 0 Å². The minimum absolute atomic E-state index is 0.157. The fraction of sp³-hybridized carbons (Fsp3) is 0.214. The number of urea groups is 1. The summed E-state index contributed by atoms with van der Waals surface area (Å²) in [5.74, 6) is -0.492. The van der Waals surface area contributed by atoms with Gasteiger partial charge in [-0.3, -0.25) is 0 Å². The Balaban J connectivity index is 1.94. The van der Waals surface area contributed by atoms with Gasteiger partial charge in [0.25, 0.3) is 0 Å². The van der Waals surface area contributed by atoms with Gasteiger partial charge in [-0.1, -0.05) is 35.5 Å². The summed E-state index contributed by atoms with van der Waals surface area (Å²) >= 11 is 0. The van der Waals surface area contributed by atoms with Gasteiger partial charge in [0.15, 0.2) is 6.04 Å². The quantitative estimate of drug-likeness (QED) is 0.775. The van der Waals surface area contributed by atoms with Crippen molar-refractivity contribution in [2.75, 3.05) is 0 Å². The Morgan fingerprint density at radius 1 is 1.33 bits per heavy atom. The number of nitrogens with zero attached hydrogens (tertiary/aromatic N) is 1. The summed E-state index contributed by atoms with van der Waals surface area (Å²) in [4.78, 5) is 23.0. The summed E-state index contributed by atoms with van der Waals surface area (Å²) in [5, 5.41) is 17.9. The van der Waals surface area contributed by atoms with Crippen LogP contribution >= 0.6 is 0 Å². The van der Waals surface area contributed by atoms with Gasteiger partial charge in [-0.25, -0.2) is 9.59 Å². The van der Waals surface area contributed by atoms with Crippen LogP contribution in [0.3, 0.4) is 0 Å². The highest BCUT2D eigenvalue weighted by atomic mass is 16.5. The standard InChI is InChI=1S/C14H15N3O4/c1-9-7-11(17-21-9)8-15-14(20)16-12(13(18)19)10-5-3-2-4-6-10/h2-7,12H,8H2,1H3,(H,18,19)(H2,15,16,20). The molecule has 110 valence electrons. The summed E-state index contributed by atoms with van der Waals surface area (Å²) in [5.41, 5.74) is 1.06. The summed E-state index contributed by atoms with van der Waals surface area (Å²) in [6.45, 7) is 1.90. The molecule has 0 bridgehead atoms. The molecule has 0 fully saturated rings. The third-order valence-corrected chi connectivity index (χ3v) is 2.76. The van der Waals surface area contributed by atoms with Gasteiger partial charge in [0.1, 0.15) is 11.5 Å². The summed E-state index contributed by atoms with van der Waals surface area (Å²) in [6.07, 6.45) is 0. The molecule has 1 atom stereocenters. The number of benzene rings is 1. The second-order valence-corrected chi connectivity index (χ2v) is 4.44. The second-order valence-electron chi connectivity index (χ2n) is 4.44. The minimum Gasteiger partial charge on any atom is -0.479 e. The van der Waals surface area contributed by atoms with E-state index in [2.05, 4.69) is 15.8 Å². The lowest BCUT2D eigenvalue weighted by Crippen LogP contribution is -2.40. The predicted molar refractivity (Wildman–Crippen MR) is 73.4 cm³/mol. The van der Waals surface area contributed by atoms with Crippen LogP contribution in [0.25, 0.3) is 0 Å². The lowest BCUT2D eigenvalue weighted by Gasteiger charge is -2.15. The molecule has 1 heterocycles. The minimum atomic E-state index is -1.13. The smallest absolute Gasteiger partial charge is 0.330 e. The lowest BCUT2D eigenvalue weighted by atomic mass is 10.1. The Morgan fingerprint density at radius 2 is 2.05 bits per heavy atom. The Morgan fingerprint density at radius 3 is 2.62 bits per heavy atom. The van der Waals surface area contributed by atoms with E-state index in [1.807, 2.05) is 0 Å². The average Bonchev–Trinajstić information content (AvgIpc) is 2.89. The van der Waals surface area contributed by atoms with Crippen LogP contribution < -0.4 is 10.6 Å². The van der Waals surface area contributed by atoms with Gasteiger partial charge in [0.05, 0.1) is 6.54 Å². The van der Waals surface area contributed by atoms with E-state index in [4.69, 9.17) is 4.52 Å². The molecule has 0 saturated heterocycles. The number of nitrogens with one attached hydrogen (secondary N) is 2. The zero-order chi connectivity index (χ0) is 15.2. The molecule has 2 rings (SSSR count). The van der Waals surface area contributed by atoms with Gasteiger partial charge in [-0.15, -0.1) is 0 Å². The first-order valence-electron chi connectivity index (χ1n) is 6.30. The number of carbonyl (C=O) groups excluding carboxylic acids is 1. The van der Waals surface area contributed by atoms with Crippen LogP contribution in [0.5, 0.6) is 0 Å². The number of hydrogen-bond donors (Lipinski definition) is 3. The van der Waals surface area contributed by atoms with Crippen LogP contribution in [0.1, 0.15) is 23.1 Å². The molecular weight excluding hydrogens is 274 g/mol. The van der Waals surface area contributed by atoms with Crippen LogP contribution in [0, 0.1) is 6.92 Å². The molecule has 7 nitrogen and oxygen atoms in total. The van der Waals surface area contributed by atoms with Crippen LogP contribution in [-0.2, 0) is 11.3 Å². The van der Waals surface area contributed by atoms with Crippen molar-refractivity contribution >= 4 is 12.0 Å². The topological polar surface area (TPSA) is 104 Å². The van der Waals surface area contributed by atoms with Crippen LogP contribution in [-0.4, -0.2) is 22.3 Å². The van der Waals surface area contributed by atoms with Gasteiger partial charge < -0.3 is 20.3 Å². The largest absolute Gasteiger partial charge is 0.479 e. The molecule has 0 aliphatic carbocycles. The van der Waals surface area contributed by atoms with Crippen LogP contribution in [0.4, 0.5) is 4.79 Å². The van der Waals surface area contributed by atoms with Gasteiger partial charge in [0.2, 0.25) is 0 Å². The Bertz CT molecular complexity index is 624. The third-order valence-electron chi connectivity index (χ3n) is 2.76. The molecule has 0 radical (unpaired) electrons. The molecule has 0 spiro atoms. The molecule has 7 heteroatoms. The van der Waals surface area contributed by atoms with E-state index in [9.17, 15) is 14.7 Å². The average molecular weight is 289 g/mol. The fourth-order valence-electron chi connectivity index (χ4n) is 1.79. The van der Waals surface area contributed by atoms with E-state index < -0.39 is 18.0 Å². The Kier molecular flexibility index (Phi) is 4.55. The van der Waals surface area contributed by atoms with E-state index in [1.165, 1.54) is 0 Å². The number of carbonyl (C=O) groups is 2. The molecular formula is C14H15N3O4. The zero-order valence-corrected chi connectivity index (χ0v) is 11.4. The van der Waals surface area contributed by atoms with E-state index in [-0.39, 0.29) is 6.54 Å². The molecule has 0 aliphatic rings. The molecule has 1 unspecified atom stereocenters. The number of aliphatic carboxylic acids is 1. The van der Waals surface area contributed by atoms with Gasteiger partial charge in [-0.05, 0) is 12.5 Å². The number of hydrogen-bond acceptors (Lipinski definition) is 4. The van der Waals surface area contributed by atoms with Crippen molar-refractivity contribution in [3.8, 4) is 0 Å². The van der Waals surface area contributed by atoms with Crippen molar-refractivity contribution < 1.29 is 19.2 Å². The fourth-order valence-corrected chi connectivity index (χ4v) is 1.79. The number of aryl methyl sites for hydroxylation is 1. The summed E-state index contributed by atoms with van der Waals surface area (Å²) in [6, 6.07) is 8.46. The molecule has 21 heavy (non-hydrogen) atoms. The summed E-state index contributed by atoms with van der Waals surface area (Å²) in [7, 11) is 0. The van der Waals surface area contributed by atoms with Crippen molar-refractivity contribution in [3.63, 3.8) is 0 Å². The maximum atomic E-state index is 11.8. The molecule has 3 N–H and O–H groups in total. The number of carboxylic acid groups (broad SMARTS) is 1. The van der Waals surface area contributed by atoms with Gasteiger partial charge in [-0.2, -0.15) is 0 Å². The molecule has 1 aromatic carbocycles. The van der Waals surface area contributed by atoms with Gasteiger partial charge >= 0.3 is 12.0 Å². The molecule has 0 aliphatic heterocycles. The molecule has 1 aromatic heterocycles. The number of aromatic nitrogens is 1. The van der Waals surface area contributed by atoms with Crippen LogP contribution in [0.2, 0.25) is 0 Å². The number of carboxylic acids is 1. The SMILES string of the molecule is Cc1cc(CNC(=O)NC(C(=O)O)c2ccccc2)no1. The van der Waals surface area contributed by atoms with Crippen LogP contribution in [0.15, 0.2) is 40.9 Å². The first-order chi connectivity index (χ1) is 10.1. The monoisotopic (exact) mass is 289 g/mol. The number of rotatable bonds is 5. The summed E-state index contributed by atoms with van der Waals surface area (Å²) < 4.78 is 4.87. The maximum Gasteiger partial charge on any atom is 0.330 e. The predicted octanol–water partition coefficient (Wildman–Crippen LogP) is 1.61. The zero-order valence-electron chi connectivity index (χ0n) is 11.4. The number of amides is 2. The highest BCUT2D eigenvalue weighted by Gasteiger charge is 2.21. The van der Waals surface area contributed by atoms with Crippen molar-refractivity contribution in [3.05, 3.63) is 53.4 Å². The molecule has 2 amide bonds. The van der Waals surface area contributed by atoms with E-state index in [0.717, 1.165) is 0 Å². The maximum absolute atomic E-state index is 11.8. The van der Waals surface area contributed by atoms with Crippen molar-refractivity contribution in [1.82, 2.24) is 15.8 Å². The first kappa shape index (κ1) is 14.6. The second kappa shape index (κ2) is 6.56. The highest BCUT2D eigenvalue weighted by Crippen LogP contribution is 2.12. The van der Waals surface area contributed by atoms with E-state index in [0.29, 0.717) is 17.0 Å². The normalized spacial score (nSPS) is 11.7.